The lowest BCUT2D eigenvalue weighted by Gasteiger charge is -2.14. The number of nitrogens with one attached hydrogen (secondary N) is 2. The highest BCUT2D eigenvalue weighted by Gasteiger charge is 2.32. The van der Waals surface area contributed by atoms with Crippen molar-refractivity contribution >= 4 is 29.4 Å². The molecule has 4 rings (SSSR count). The third-order valence-corrected chi connectivity index (χ3v) is 6.01. The second-order valence-corrected chi connectivity index (χ2v) is 8.58. The van der Waals surface area contributed by atoms with Crippen molar-refractivity contribution in [1.82, 2.24) is 15.3 Å². The standard InChI is InChI=1S/C23H21FN4O5S/c1-13(29)25-10-17-11-28(23(32)33-17)16-6-7-18(19(24)8-16)15-4-2-14(3-5-15)12-34-22-26-20(30)9-21(31)27-22/h2-9,17H,10-12H2,1H3,(H,25,29)(H2,26,27,30,31)/t17-/m0/s1. The number of hydrogen-bond acceptors (Lipinski definition) is 7. The van der Waals surface area contributed by atoms with Gasteiger partial charge in [-0.2, -0.15) is 4.98 Å². The van der Waals surface area contributed by atoms with Crippen LogP contribution in [0.4, 0.5) is 14.9 Å². The Bertz CT molecular complexity index is 1280. The van der Waals surface area contributed by atoms with Gasteiger partial charge in [-0.3, -0.25) is 14.5 Å². The number of anilines is 1. The number of rotatable bonds is 7. The molecule has 1 atom stereocenters. The van der Waals surface area contributed by atoms with Gasteiger partial charge in [-0.05, 0) is 29.3 Å². The van der Waals surface area contributed by atoms with E-state index in [4.69, 9.17) is 4.74 Å². The quantitative estimate of drug-likeness (QED) is 0.348. The molecule has 3 N–H and O–H groups in total. The Labute approximate surface area is 198 Å². The van der Waals surface area contributed by atoms with Crippen LogP contribution in [0.1, 0.15) is 12.5 Å². The third kappa shape index (κ3) is 5.54. The Balaban J connectivity index is 1.42. The maximum Gasteiger partial charge on any atom is 0.414 e. The zero-order valence-electron chi connectivity index (χ0n) is 18.1. The minimum absolute atomic E-state index is 0.195. The molecule has 0 unspecified atom stereocenters. The Morgan fingerprint density at radius 1 is 1.26 bits per heavy atom. The summed E-state index contributed by atoms with van der Waals surface area (Å²) in [4.78, 5) is 42.3. The molecule has 9 nitrogen and oxygen atoms in total. The normalized spacial score (nSPS) is 15.3. The maximum absolute atomic E-state index is 14.9. The van der Waals surface area contributed by atoms with Crippen molar-refractivity contribution in [2.45, 2.75) is 23.9 Å². The monoisotopic (exact) mass is 484 g/mol. The van der Waals surface area contributed by atoms with Gasteiger partial charge in [-0.25, -0.2) is 9.18 Å². The first-order valence-corrected chi connectivity index (χ1v) is 11.3. The number of aromatic nitrogens is 2. The number of halogens is 1. The van der Waals surface area contributed by atoms with Crippen LogP contribution in [0.5, 0.6) is 5.88 Å². The van der Waals surface area contributed by atoms with Crippen molar-refractivity contribution < 1.29 is 23.8 Å². The van der Waals surface area contributed by atoms with Gasteiger partial charge in [0.25, 0.3) is 5.56 Å². The topological polar surface area (TPSA) is 125 Å². The van der Waals surface area contributed by atoms with E-state index in [0.29, 0.717) is 27.7 Å². The summed E-state index contributed by atoms with van der Waals surface area (Å²) in [5.41, 5.74) is 1.90. The fraction of sp³-hybridized carbons (Fsp3) is 0.217. The Hall–Kier alpha value is -3.86. The molecule has 1 aliphatic heterocycles. The molecular formula is C23H21FN4O5S. The molecule has 1 saturated heterocycles. The van der Waals surface area contributed by atoms with E-state index >= 15 is 0 Å². The molecule has 176 valence electrons. The van der Waals surface area contributed by atoms with Gasteiger partial charge in [-0.1, -0.05) is 36.0 Å². The SMILES string of the molecule is CC(=O)NC[C@H]1CN(c2ccc(-c3ccc(CSc4nc(O)cc(=O)[nH]4)cc3)c(F)c2)C(=O)O1. The zero-order chi connectivity index (χ0) is 24.2. The summed E-state index contributed by atoms with van der Waals surface area (Å²) in [5, 5.41) is 12.3. The number of aromatic amines is 1. The molecule has 2 heterocycles. The molecule has 0 aliphatic carbocycles. The average Bonchev–Trinajstić information content (AvgIpc) is 3.16. The fourth-order valence-corrected chi connectivity index (χ4v) is 4.25. The van der Waals surface area contributed by atoms with Crippen LogP contribution in [0.3, 0.4) is 0 Å². The summed E-state index contributed by atoms with van der Waals surface area (Å²) in [6.07, 6.45) is -1.09. The number of benzene rings is 2. The summed E-state index contributed by atoms with van der Waals surface area (Å²) < 4.78 is 20.1. The van der Waals surface area contributed by atoms with Crippen molar-refractivity contribution in [2.24, 2.45) is 0 Å². The summed E-state index contributed by atoms with van der Waals surface area (Å²) in [6, 6.07) is 12.8. The number of nitrogens with zero attached hydrogens (tertiary/aromatic N) is 2. The van der Waals surface area contributed by atoms with Crippen molar-refractivity contribution in [3.63, 3.8) is 0 Å². The predicted molar refractivity (Wildman–Crippen MR) is 124 cm³/mol. The van der Waals surface area contributed by atoms with Gasteiger partial charge >= 0.3 is 6.09 Å². The molecular weight excluding hydrogens is 463 g/mol. The van der Waals surface area contributed by atoms with E-state index in [1.54, 1.807) is 24.3 Å². The highest BCUT2D eigenvalue weighted by Crippen LogP contribution is 2.30. The minimum atomic E-state index is -0.591. The first-order valence-electron chi connectivity index (χ1n) is 10.3. The highest BCUT2D eigenvalue weighted by atomic mass is 32.2. The van der Waals surface area contributed by atoms with E-state index < -0.39 is 23.6 Å². The van der Waals surface area contributed by atoms with E-state index in [2.05, 4.69) is 15.3 Å². The third-order valence-electron chi connectivity index (χ3n) is 5.06. The van der Waals surface area contributed by atoms with Crippen LogP contribution in [0.15, 0.2) is 58.5 Å². The molecule has 1 aromatic heterocycles. The predicted octanol–water partition coefficient (Wildman–Crippen LogP) is 3.04. The minimum Gasteiger partial charge on any atom is -0.493 e. The van der Waals surface area contributed by atoms with E-state index in [-0.39, 0.29) is 24.9 Å². The van der Waals surface area contributed by atoms with Crippen LogP contribution in [0, 0.1) is 5.82 Å². The molecule has 0 saturated carbocycles. The molecule has 0 bridgehead atoms. The molecule has 3 aromatic rings. The smallest absolute Gasteiger partial charge is 0.414 e. The highest BCUT2D eigenvalue weighted by molar-refractivity contribution is 7.98. The van der Waals surface area contributed by atoms with Crippen LogP contribution in [0.25, 0.3) is 11.1 Å². The Morgan fingerprint density at radius 2 is 2.03 bits per heavy atom. The maximum atomic E-state index is 14.9. The molecule has 11 heteroatoms. The second kappa shape index (κ2) is 9.96. The van der Waals surface area contributed by atoms with Crippen LogP contribution in [-0.4, -0.2) is 46.3 Å². The van der Waals surface area contributed by atoms with Gasteiger partial charge in [0.15, 0.2) is 5.16 Å². The molecule has 2 aromatic carbocycles. The van der Waals surface area contributed by atoms with Crippen molar-refractivity contribution in [3.8, 4) is 17.0 Å². The summed E-state index contributed by atoms with van der Waals surface area (Å²) in [6.45, 7) is 1.78. The van der Waals surface area contributed by atoms with Gasteiger partial charge < -0.3 is 20.1 Å². The molecule has 0 radical (unpaired) electrons. The lowest BCUT2D eigenvalue weighted by molar-refractivity contribution is -0.119. The largest absolute Gasteiger partial charge is 0.493 e. The van der Waals surface area contributed by atoms with Crippen molar-refractivity contribution in [3.05, 3.63) is 70.3 Å². The number of carbonyl (C=O) groups is 2. The Kier molecular flexibility index (Phi) is 6.82. The lowest BCUT2D eigenvalue weighted by Crippen LogP contribution is -2.33. The van der Waals surface area contributed by atoms with Crippen LogP contribution >= 0.6 is 11.8 Å². The Morgan fingerprint density at radius 3 is 2.71 bits per heavy atom. The number of thioether (sulfide) groups is 1. The van der Waals surface area contributed by atoms with E-state index in [0.717, 1.165) is 11.6 Å². The molecule has 1 fully saturated rings. The number of aromatic hydroxyl groups is 1. The first kappa shape index (κ1) is 23.3. The molecule has 34 heavy (non-hydrogen) atoms. The first-order chi connectivity index (χ1) is 16.3. The van der Waals surface area contributed by atoms with Crippen LogP contribution in [-0.2, 0) is 15.3 Å². The number of carbonyl (C=O) groups excluding carboxylic acids is 2. The number of H-pyrrole nitrogens is 1. The summed E-state index contributed by atoms with van der Waals surface area (Å²) in [5.74, 6) is -0.559. The van der Waals surface area contributed by atoms with Gasteiger partial charge in [0, 0.05) is 18.2 Å². The van der Waals surface area contributed by atoms with Crippen molar-refractivity contribution in [1.29, 1.82) is 0 Å². The zero-order valence-corrected chi connectivity index (χ0v) is 18.9. The molecule has 2 amide bonds. The van der Waals surface area contributed by atoms with E-state index in [9.17, 15) is 23.9 Å². The number of cyclic esters (lactones) is 1. The van der Waals surface area contributed by atoms with E-state index in [1.807, 2.05) is 12.1 Å². The van der Waals surface area contributed by atoms with E-state index in [1.165, 1.54) is 29.7 Å². The lowest BCUT2D eigenvalue weighted by atomic mass is 10.0. The van der Waals surface area contributed by atoms with Gasteiger partial charge in [0.05, 0.1) is 24.8 Å². The molecule has 0 spiro atoms. The fourth-order valence-electron chi connectivity index (χ4n) is 3.43. The van der Waals surface area contributed by atoms with Crippen LogP contribution in [0.2, 0.25) is 0 Å². The van der Waals surface area contributed by atoms with Crippen molar-refractivity contribution in [2.75, 3.05) is 18.0 Å². The van der Waals surface area contributed by atoms with Crippen LogP contribution < -0.4 is 15.8 Å². The second-order valence-electron chi connectivity index (χ2n) is 7.61. The summed E-state index contributed by atoms with van der Waals surface area (Å²) in [7, 11) is 0. The van der Waals surface area contributed by atoms with Gasteiger partial charge in [0.2, 0.25) is 11.8 Å². The number of amides is 2. The average molecular weight is 485 g/mol. The van der Waals surface area contributed by atoms with Gasteiger partial charge in [-0.15, -0.1) is 0 Å². The number of hydrogen-bond donors (Lipinski definition) is 3. The number of ether oxygens (including phenoxy) is 1. The molecule has 1 aliphatic rings. The van der Waals surface area contributed by atoms with Gasteiger partial charge in [0.1, 0.15) is 11.9 Å². The summed E-state index contributed by atoms with van der Waals surface area (Å²) >= 11 is 1.25.